The van der Waals surface area contributed by atoms with Crippen LogP contribution in [0.1, 0.15) is 25.7 Å². The molecule has 2 aliphatic rings. The molecule has 0 aromatic rings. The quantitative estimate of drug-likeness (QED) is 0.642. The molecule has 2 fully saturated rings. The normalized spacial score (nSPS) is 23.1. The maximum Gasteiger partial charge on any atom is 0.317 e. The number of hydrogen-bond donors (Lipinski definition) is 1. The van der Waals surface area contributed by atoms with Crippen LogP contribution in [0.2, 0.25) is 0 Å². The van der Waals surface area contributed by atoms with Gasteiger partial charge in [-0.25, -0.2) is 4.79 Å². The van der Waals surface area contributed by atoms with Gasteiger partial charge in [0.05, 0.1) is 0 Å². The molecule has 0 radical (unpaired) electrons. The van der Waals surface area contributed by atoms with Crippen LogP contribution in [0.25, 0.3) is 0 Å². The Morgan fingerprint density at radius 3 is 2.46 bits per heavy atom. The Hall–Kier alpha value is -1.06. The van der Waals surface area contributed by atoms with Crippen LogP contribution in [-0.4, -0.2) is 35.8 Å². The fourth-order valence-corrected chi connectivity index (χ4v) is 1.45. The van der Waals surface area contributed by atoms with E-state index in [-0.39, 0.29) is 11.8 Å². The molecule has 13 heavy (non-hydrogen) atoms. The number of ketones is 1. The molecule has 0 aromatic carbocycles. The van der Waals surface area contributed by atoms with Crippen LogP contribution in [0.4, 0.5) is 4.79 Å². The van der Waals surface area contributed by atoms with Gasteiger partial charge in [0.15, 0.2) is 0 Å². The highest BCUT2D eigenvalue weighted by molar-refractivity contribution is 5.82. The summed E-state index contributed by atoms with van der Waals surface area (Å²) in [7, 11) is 0. The molecule has 1 saturated carbocycles. The summed E-state index contributed by atoms with van der Waals surface area (Å²) in [5.74, 6) is 0.274. The second-order valence-electron chi connectivity index (χ2n) is 3.75. The third-order valence-corrected chi connectivity index (χ3v) is 2.51. The Kier molecular flexibility index (Phi) is 2.20. The van der Waals surface area contributed by atoms with E-state index < -0.39 is 0 Å². The first kappa shape index (κ1) is 8.53. The summed E-state index contributed by atoms with van der Waals surface area (Å²) < 4.78 is 0. The minimum absolute atomic E-state index is 0.00926. The Balaban J connectivity index is 1.78. The van der Waals surface area contributed by atoms with Crippen molar-refractivity contribution in [1.29, 1.82) is 0 Å². The Labute approximate surface area is 77.3 Å². The van der Waals surface area contributed by atoms with E-state index in [2.05, 4.69) is 5.32 Å². The topological polar surface area (TPSA) is 49.4 Å². The largest absolute Gasteiger partial charge is 0.335 e. The van der Waals surface area contributed by atoms with Crippen molar-refractivity contribution in [3.8, 4) is 0 Å². The van der Waals surface area contributed by atoms with E-state index in [1.165, 1.54) is 0 Å². The maximum atomic E-state index is 11.5. The van der Waals surface area contributed by atoms with E-state index in [9.17, 15) is 9.59 Å². The zero-order valence-corrected chi connectivity index (χ0v) is 7.58. The third-order valence-electron chi connectivity index (χ3n) is 2.51. The van der Waals surface area contributed by atoms with Crippen molar-refractivity contribution in [2.45, 2.75) is 31.7 Å². The molecular formula is C9H14N2O2. The van der Waals surface area contributed by atoms with Crippen LogP contribution in [0.15, 0.2) is 0 Å². The first-order chi connectivity index (χ1) is 6.25. The monoisotopic (exact) mass is 182 g/mol. The number of nitrogens with one attached hydrogen (secondary N) is 1. The Bertz CT molecular complexity index is 226. The van der Waals surface area contributed by atoms with Crippen LogP contribution in [-0.2, 0) is 4.79 Å². The van der Waals surface area contributed by atoms with Crippen molar-refractivity contribution < 1.29 is 9.59 Å². The molecule has 4 heteroatoms. The average molecular weight is 182 g/mol. The molecule has 1 aliphatic heterocycles. The summed E-state index contributed by atoms with van der Waals surface area (Å²) in [5, 5.41) is 2.91. The van der Waals surface area contributed by atoms with E-state index in [4.69, 9.17) is 0 Å². The van der Waals surface area contributed by atoms with Crippen LogP contribution >= 0.6 is 0 Å². The minimum atomic E-state index is 0.00926. The third kappa shape index (κ3) is 2.20. The van der Waals surface area contributed by atoms with Crippen LogP contribution in [0.3, 0.4) is 0 Å². The van der Waals surface area contributed by atoms with Crippen molar-refractivity contribution in [3.63, 3.8) is 0 Å². The lowest BCUT2D eigenvalue weighted by Gasteiger charge is -2.26. The fraction of sp³-hybridized carbons (Fsp3) is 0.778. The number of rotatable bonds is 1. The van der Waals surface area contributed by atoms with Gasteiger partial charge >= 0.3 is 6.03 Å². The summed E-state index contributed by atoms with van der Waals surface area (Å²) in [5.41, 5.74) is 0. The molecular weight excluding hydrogens is 168 g/mol. The zero-order chi connectivity index (χ0) is 9.26. The lowest BCUT2D eigenvalue weighted by atomic mass is 10.1. The smallest absolute Gasteiger partial charge is 0.317 e. The SMILES string of the molecule is O=C1CCN(C(=O)NC2CC2)CC1. The molecule has 1 aliphatic carbocycles. The van der Waals surface area contributed by atoms with Crippen molar-refractivity contribution in [2.24, 2.45) is 0 Å². The summed E-state index contributed by atoms with van der Waals surface area (Å²) in [6.07, 6.45) is 3.27. The summed E-state index contributed by atoms with van der Waals surface area (Å²) >= 11 is 0. The standard InChI is InChI=1S/C9H14N2O2/c12-8-3-5-11(6-4-8)9(13)10-7-1-2-7/h7H,1-6H2,(H,10,13). The van der Waals surface area contributed by atoms with Gasteiger partial charge in [0.1, 0.15) is 5.78 Å². The van der Waals surface area contributed by atoms with Crippen LogP contribution in [0.5, 0.6) is 0 Å². The highest BCUT2D eigenvalue weighted by Gasteiger charge is 2.27. The summed E-state index contributed by atoms with van der Waals surface area (Å²) in [6, 6.07) is 0.417. The average Bonchev–Trinajstić information content (AvgIpc) is 2.89. The number of Topliss-reactive ketones (excluding diaryl/α,β-unsaturated/α-hetero) is 1. The number of carbonyl (C=O) groups is 2. The molecule has 0 atom stereocenters. The highest BCUT2D eigenvalue weighted by atomic mass is 16.2. The predicted octanol–water partition coefficient (Wildman–Crippen LogP) is 0.523. The molecule has 2 rings (SSSR count). The number of urea groups is 1. The fourth-order valence-electron chi connectivity index (χ4n) is 1.45. The zero-order valence-electron chi connectivity index (χ0n) is 7.58. The second-order valence-corrected chi connectivity index (χ2v) is 3.75. The number of likely N-dealkylation sites (tertiary alicyclic amines) is 1. The second kappa shape index (κ2) is 3.36. The Morgan fingerprint density at radius 2 is 1.92 bits per heavy atom. The van der Waals surface area contributed by atoms with Crippen LogP contribution in [0, 0.1) is 0 Å². The number of nitrogens with zero attached hydrogens (tertiary/aromatic N) is 1. The Morgan fingerprint density at radius 1 is 1.31 bits per heavy atom. The molecule has 4 nitrogen and oxygen atoms in total. The van der Waals surface area contributed by atoms with Crippen molar-refractivity contribution in [2.75, 3.05) is 13.1 Å². The lowest BCUT2D eigenvalue weighted by Crippen LogP contribution is -2.45. The molecule has 0 unspecified atom stereocenters. The summed E-state index contributed by atoms with van der Waals surface area (Å²) in [4.78, 5) is 24.1. The minimum Gasteiger partial charge on any atom is -0.335 e. The van der Waals surface area contributed by atoms with E-state index >= 15 is 0 Å². The number of piperidine rings is 1. The predicted molar refractivity (Wildman–Crippen MR) is 47.4 cm³/mol. The van der Waals surface area contributed by atoms with Crippen molar-refractivity contribution in [1.82, 2.24) is 10.2 Å². The van der Waals surface area contributed by atoms with Crippen LogP contribution < -0.4 is 5.32 Å². The number of hydrogen-bond acceptors (Lipinski definition) is 2. The van der Waals surface area contributed by atoms with Gasteiger partial charge in [-0.15, -0.1) is 0 Å². The summed E-state index contributed by atoms with van der Waals surface area (Å²) in [6.45, 7) is 1.19. The molecule has 0 aromatic heterocycles. The van der Waals surface area contributed by atoms with Gasteiger partial charge < -0.3 is 10.2 Å². The van der Waals surface area contributed by atoms with E-state index in [0.717, 1.165) is 12.8 Å². The van der Waals surface area contributed by atoms with Gasteiger partial charge in [0.2, 0.25) is 0 Å². The molecule has 0 spiro atoms. The van der Waals surface area contributed by atoms with E-state index in [1.807, 2.05) is 0 Å². The lowest BCUT2D eigenvalue weighted by molar-refractivity contribution is -0.120. The van der Waals surface area contributed by atoms with Gasteiger partial charge in [-0.3, -0.25) is 4.79 Å². The number of amides is 2. The maximum absolute atomic E-state index is 11.5. The molecule has 1 heterocycles. The highest BCUT2D eigenvalue weighted by Crippen LogP contribution is 2.19. The van der Waals surface area contributed by atoms with Gasteiger partial charge in [-0.05, 0) is 12.8 Å². The first-order valence-corrected chi connectivity index (χ1v) is 4.83. The first-order valence-electron chi connectivity index (χ1n) is 4.83. The number of carbonyl (C=O) groups excluding carboxylic acids is 2. The van der Waals surface area contributed by atoms with Gasteiger partial charge in [0.25, 0.3) is 0 Å². The van der Waals surface area contributed by atoms with Gasteiger partial charge in [-0.2, -0.15) is 0 Å². The van der Waals surface area contributed by atoms with E-state index in [0.29, 0.717) is 32.0 Å². The molecule has 1 N–H and O–H groups in total. The molecule has 2 amide bonds. The van der Waals surface area contributed by atoms with Crippen molar-refractivity contribution >= 4 is 11.8 Å². The molecule has 0 bridgehead atoms. The molecule has 72 valence electrons. The van der Waals surface area contributed by atoms with Crippen molar-refractivity contribution in [3.05, 3.63) is 0 Å². The van der Waals surface area contributed by atoms with E-state index in [1.54, 1.807) is 4.90 Å². The molecule has 1 saturated heterocycles. The van der Waals surface area contributed by atoms with Gasteiger partial charge in [0, 0.05) is 32.0 Å². The van der Waals surface area contributed by atoms with Gasteiger partial charge in [-0.1, -0.05) is 0 Å².